The minimum atomic E-state index is -0.616. The van der Waals surface area contributed by atoms with E-state index < -0.39 is 6.10 Å². The topological polar surface area (TPSA) is 97.1 Å². The van der Waals surface area contributed by atoms with Crippen molar-refractivity contribution in [3.8, 4) is 11.1 Å². The maximum Gasteiger partial charge on any atom is 0.258 e. The van der Waals surface area contributed by atoms with Crippen molar-refractivity contribution in [3.05, 3.63) is 52.2 Å². The highest BCUT2D eigenvalue weighted by atomic mass is 16.3. The van der Waals surface area contributed by atoms with Crippen LogP contribution in [0.4, 0.5) is 5.82 Å². The van der Waals surface area contributed by atoms with Crippen LogP contribution < -0.4 is 10.9 Å². The number of pyridine rings is 3. The van der Waals surface area contributed by atoms with E-state index in [2.05, 4.69) is 15.3 Å². The molecule has 0 aromatic carbocycles. The second kappa shape index (κ2) is 7.05. The lowest BCUT2D eigenvalue weighted by Gasteiger charge is -2.13. The fourth-order valence-electron chi connectivity index (χ4n) is 2.95. The summed E-state index contributed by atoms with van der Waals surface area (Å²) in [5.74, 6) is 0.381. The van der Waals surface area contributed by atoms with Crippen LogP contribution in [0.15, 0.2) is 35.4 Å². The normalized spacial score (nSPS) is 12.2. The SMILES string of the molecule is CCC(O)c1cc(C)c(-c2cc3cnc(NC=O)cc3n(C)c2=O)cn1. The van der Waals surface area contributed by atoms with Gasteiger partial charge >= 0.3 is 0 Å². The van der Waals surface area contributed by atoms with Crippen molar-refractivity contribution < 1.29 is 9.90 Å². The van der Waals surface area contributed by atoms with Crippen molar-refractivity contribution in [2.75, 3.05) is 5.32 Å². The third kappa shape index (κ3) is 3.09. The number of carbonyl (C=O) groups excluding carboxylic acids is 1. The van der Waals surface area contributed by atoms with Crippen LogP contribution in [-0.2, 0) is 11.8 Å². The first-order chi connectivity index (χ1) is 12.5. The Morgan fingerprint density at radius 2 is 2.00 bits per heavy atom. The Kier molecular flexibility index (Phi) is 4.81. The number of anilines is 1. The number of aliphatic hydroxyl groups is 1. The van der Waals surface area contributed by atoms with Crippen molar-refractivity contribution in [1.29, 1.82) is 0 Å². The second-order valence-corrected chi connectivity index (χ2v) is 6.16. The second-order valence-electron chi connectivity index (χ2n) is 6.16. The molecule has 0 saturated heterocycles. The van der Waals surface area contributed by atoms with Gasteiger partial charge in [-0.2, -0.15) is 0 Å². The van der Waals surface area contributed by atoms with E-state index in [1.165, 1.54) is 4.57 Å². The zero-order valence-electron chi connectivity index (χ0n) is 14.9. The Hall–Kier alpha value is -3.06. The first-order valence-electron chi connectivity index (χ1n) is 8.31. The molecule has 0 aliphatic rings. The quantitative estimate of drug-likeness (QED) is 0.687. The smallest absolute Gasteiger partial charge is 0.258 e. The number of nitrogens with one attached hydrogen (secondary N) is 1. The van der Waals surface area contributed by atoms with Gasteiger partial charge in [-0.1, -0.05) is 6.92 Å². The molecule has 7 heteroatoms. The molecule has 7 nitrogen and oxygen atoms in total. The summed E-state index contributed by atoms with van der Waals surface area (Å²) in [5, 5.41) is 13.2. The number of hydrogen-bond donors (Lipinski definition) is 2. The van der Waals surface area contributed by atoms with Gasteiger partial charge in [0.1, 0.15) is 5.82 Å². The van der Waals surface area contributed by atoms with Gasteiger partial charge in [0.25, 0.3) is 5.56 Å². The summed E-state index contributed by atoms with van der Waals surface area (Å²) >= 11 is 0. The number of carbonyl (C=O) groups is 1. The zero-order valence-corrected chi connectivity index (χ0v) is 14.9. The summed E-state index contributed by atoms with van der Waals surface area (Å²) in [5.41, 5.74) is 3.19. The van der Waals surface area contributed by atoms with Crippen molar-refractivity contribution in [2.24, 2.45) is 7.05 Å². The predicted molar refractivity (Wildman–Crippen MR) is 99.9 cm³/mol. The van der Waals surface area contributed by atoms with E-state index >= 15 is 0 Å². The van der Waals surface area contributed by atoms with Gasteiger partial charge in [0, 0.05) is 42.0 Å². The van der Waals surface area contributed by atoms with E-state index in [4.69, 9.17) is 0 Å². The summed E-state index contributed by atoms with van der Waals surface area (Å²) in [6.07, 6.45) is 3.74. The first-order valence-corrected chi connectivity index (χ1v) is 8.31. The number of fused-ring (bicyclic) bond motifs is 1. The number of hydrogen-bond acceptors (Lipinski definition) is 5. The molecule has 1 amide bonds. The average molecular weight is 352 g/mol. The number of aliphatic hydroxyl groups excluding tert-OH is 1. The van der Waals surface area contributed by atoms with E-state index in [0.717, 1.165) is 16.5 Å². The molecule has 3 rings (SSSR count). The summed E-state index contributed by atoms with van der Waals surface area (Å²) in [6.45, 7) is 3.78. The van der Waals surface area contributed by atoms with Crippen LogP contribution in [0.3, 0.4) is 0 Å². The third-order valence-electron chi connectivity index (χ3n) is 4.47. The molecule has 3 aromatic heterocycles. The molecule has 3 heterocycles. The molecule has 0 spiro atoms. The van der Waals surface area contributed by atoms with Crippen molar-refractivity contribution in [3.63, 3.8) is 0 Å². The van der Waals surface area contributed by atoms with E-state index in [1.54, 1.807) is 31.6 Å². The molecule has 1 unspecified atom stereocenters. The lowest BCUT2D eigenvalue weighted by atomic mass is 10.0. The zero-order chi connectivity index (χ0) is 18.8. The molecule has 0 aliphatic carbocycles. The number of aromatic nitrogens is 3. The maximum absolute atomic E-state index is 12.9. The minimum absolute atomic E-state index is 0.172. The van der Waals surface area contributed by atoms with Gasteiger partial charge in [-0.15, -0.1) is 0 Å². The van der Waals surface area contributed by atoms with Crippen LogP contribution in [-0.4, -0.2) is 26.1 Å². The standard InChI is InChI=1S/C19H20N4O3/c1-4-17(25)15-5-11(2)14(9-20-15)13-6-12-8-21-18(22-10-24)7-16(12)23(3)19(13)26/h5-10,17,25H,4H2,1-3H3,(H,21,22,24). The molecule has 2 N–H and O–H groups in total. The van der Waals surface area contributed by atoms with E-state index in [-0.39, 0.29) is 5.56 Å². The maximum atomic E-state index is 12.9. The fourth-order valence-corrected chi connectivity index (χ4v) is 2.95. The number of aryl methyl sites for hydroxylation is 2. The van der Waals surface area contributed by atoms with Gasteiger partial charge in [-0.05, 0) is 31.0 Å². The van der Waals surface area contributed by atoms with Crippen molar-refractivity contribution in [1.82, 2.24) is 14.5 Å². The van der Waals surface area contributed by atoms with Gasteiger partial charge in [0.2, 0.25) is 6.41 Å². The van der Waals surface area contributed by atoms with E-state index in [9.17, 15) is 14.7 Å². The number of amides is 1. The highest BCUT2D eigenvalue weighted by Gasteiger charge is 2.14. The van der Waals surface area contributed by atoms with E-state index in [1.807, 2.05) is 19.9 Å². The van der Waals surface area contributed by atoms with Gasteiger partial charge < -0.3 is 15.0 Å². The van der Waals surface area contributed by atoms with Crippen LogP contribution in [0.25, 0.3) is 22.0 Å². The van der Waals surface area contributed by atoms with Crippen LogP contribution in [0.2, 0.25) is 0 Å². The molecule has 0 radical (unpaired) electrons. The Morgan fingerprint density at radius 1 is 1.23 bits per heavy atom. The molecule has 134 valence electrons. The average Bonchev–Trinajstić information content (AvgIpc) is 2.65. The molecule has 26 heavy (non-hydrogen) atoms. The summed E-state index contributed by atoms with van der Waals surface area (Å²) < 4.78 is 1.52. The van der Waals surface area contributed by atoms with Crippen LogP contribution in [0.5, 0.6) is 0 Å². The molecule has 1 atom stereocenters. The lowest BCUT2D eigenvalue weighted by Crippen LogP contribution is -2.19. The fraction of sp³-hybridized carbons (Fsp3) is 0.263. The molecule has 3 aromatic rings. The summed E-state index contributed by atoms with van der Waals surface area (Å²) in [7, 11) is 1.68. The molecular formula is C19H20N4O3. The van der Waals surface area contributed by atoms with Crippen LogP contribution in [0, 0.1) is 6.92 Å². The van der Waals surface area contributed by atoms with Crippen molar-refractivity contribution in [2.45, 2.75) is 26.4 Å². The van der Waals surface area contributed by atoms with Crippen molar-refractivity contribution >= 4 is 23.1 Å². The molecule has 0 aliphatic heterocycles. The Balaban J connectivity index is 2.17. The Bertz CT molecular complexity index is 1040. The lowest BCUT2D eigenvalue weighted by molar-refractivity contribution is -0.105. The van der Waals surface area contributed by atoms with Crippen LogP contribution >= 0.6 is 0 Å². The molecular weight excluding hydrogens is 332 g/mol. The Morgan fingerprint density at radius 3 is 2.65 bits per heavy atom. The van der Waals surface area contributed by atoms with Gasteiger partial charge in [0.15, 0.2) is 0 Å². The predicted octanol–water partition coefficient (Wildman–Crippen LogP) is 2.32. The first kappa shape index (κ1) is 17.8. The number of nitrogens with zero attached hydrogens (tertiary/aromatic N) is 3. The third-order valence-corrected chi connectivity index (χ3v) is 4.47. The molecule has 0 bridgehead atoms. The highest BCUT2D eigenvalue weighted by Crippen LogP contribution is 2.26. The molecule has 0 fully saturated rings. The van der Waals surface area contributed by atoms with E-state index in [0.29, 0.717) is 35.4 Å². The van der Waals surface area contributed by atoms with Gasteiger partial charge in [-0.25, -0.2) is 4.98 Å². The van der Waals surface area contributed by atoms with Gasteiger partial charge in [-0.3, -0.25) is 14.6 Å². The van der Waals surface area contributed by atoms with Gasteiger partial charge in [0.05, 0.1) is 17.3 Å². The summed E-state index contributed by atoms with van der Waals surface area (Å²) in [4.78, 5) is 31.9. The number of rotatable bonds is 5. The monoisotopic (exact) mass is 352 g/mol. The highest BCUT2D eigenvalue weighted by molar-refractivity contribution is 5.86. The minimum Gasteiger partial charge on any atom is -0.387 e. The summed E-state index contributed by atoms with van der Waals surface area (Å²) in [6, 6.07) is 5.23. The van der Waals surface area contributed by atoms with Crippen LogP contribution in [0.1, 0.15) is 30.7 Å². The molecule has 0 saturated carbocycles. The largest absolute Gasteiger partial charge is 0.387 e. The Labute approximate surface area is 150 Å².